The molecule has 4 heteroatoms. The van der Waals surface area contributed by atoms with Gasteiger partial charge in [0.1, 0.15) is 5.69 Å². The molecule has 0 fully saturated rings. The summed E-state index contributed by atoms with van der Waals surface area (Å²) >= 11 is 3.60. The van der Waals surface area contributed by atoms with E-state index in [1.54, 1.807) is 11.3 Å². The molecule has 174 valence electrons. The monoisotopic (exact) mass is 508 g/mol. The summed E-state index contributed by atoms with van der Waals surface area (Å²) in [5.41, 5.74) is 6.77. The van der Waals surface area contributed by atoms with Gasteiger partial charge in [-0.3, -0.25) is 0 Å². The standard InChI is InChI=1S/C33H20N2S2/c1-2-9-21(10-3-1)31-32(23-16-17-29-26(19-23)25-13-6-7-14-28(25)37-29)34-35-27(30-15-8-18-36-30)20-22-11-4-5-12-24(22)33(31)35/h1-20H. The summed E-state index contributed by atoms with van der Waals surface area (Å²) in [5, 5.41) is 12.5. The highest BCUT2D eigenvalue weighted by Crippen LogP contribution is 2.43. The number of fused-ring (bicyclic) bond motifs is 6. The van der Waals surface area contributed by atoms with Gasteiger partial charge in [0.15, 0.2) is 0 Å². The van der Waals surface area contributed by atoms with Gasteiger partial charge in [0.25, 0.3) is 0 Å². The van der Waals surface area contributed by atoms with Crippen molar-refractivity contribution in [3.63, 3.8) is 0 Å². The van der Waals surface area contributed by atoms with Crippen LogP contribution < -0.4 is 0 Å². The van der Waals surface area contributed by atoms with Crippen LogP contribution >= 0.6 is 22.7 Å². The molecule has 37 heavy (non-hydrogen) atoms. The molecule has 0 aliphatic carbocycles. The zero-order valence-corrected chi connectivity index (χ0v) is 21.4. The zero-order chi connectivity index (χ0) is 24.3. The Morgan fingerprint density at radius 1 is 0.595 bits per heavy atom. The van der Waals surface area contributed by atoms with Crippen molar-refractivity contribution in [1.29, 1.82) is 0 Å². The molecule has 0 saturated heterocycles. The minimum absolute atomic E-state index is 1.01. The van der Waals surface area contributed by atoms with Crippen LogP contribution in [0.5, 0.6) is 0 Å². The van der Waals surface area contributed by atoms with Gasteiger partial charge in [-0.15, -0.1) is 22.7 Å². The van der Waals surface area contributed by atoms with Crippen LogP contribution in [0.1, 0.15) is 0 Å². The fourth-order valence-corrected chi connectivity index (χ4v) is 7.26. The van der Waals surface area contributed by atoms with Crippen LogP contribution in [0.15, 0.2) is 121 Å². The van der Waals surface area contributed by atoms with E-state index in [0.717, 1.165) is 22.5 Å². The van der Waals surface area contributed by atoms with Crippen molar-refractivity contribution in [3.05, 3.63) is 121 Å². The average Bonchev–Trinajstić information content (AvgIpc) is 3.70. The van der Waals surface area contributed by atoms with Crippen molar-refractivity contribution in [2.75, 3.05) is 0 Å². The van der Waals surface area contributed by atoms with Crippen molar-refractivity contribution in [1.82, 2.24) is 9.61 Å². The van der Waals surface area contributed by atoms with Crippen molar-refractivity contribution >= 4 is 59.1 Å². The molecule has 0 amide bonds. The molecule has 8 rings (SSSR count). The minimum Gasteiger partial charge on any atom is -0.230 e. The summed E-state index contributed by atoms with van der Waals surface area (Å²) in [6.07, 6.45) is 0. The third-order valence-corrected chi connectivity index (χ3v) is 9.15. The van der Waals surface area contributed by atoms with Crippen LogP contribution in [0, 0.1) is 0 Å². The molecule has 0 saturated carbocycles. The van der Waals surface area contributed by atoms with E-state index in [2.05, 4.69) is 125 Å². The summed E-state index contributed by atoms with van der Waals surface area (Å²) in [6.45, 7) is 0. The van der Waals surface area contributed by atoms with E-state index >= 15 is 0 Å². The lowest BCUT2D eigenvalue weighted by molar-refractivity contribution is 0.982. The Morgan fingerprint density at radius 2 is 1.38 bits per heavy atom. The Morgan fingerprint density at radius 3 is 2.24 bits per heavy atom. The average molecular weight is 509 g/mol. The molecular formula is C33H20N2S2. The summed E-state index contributed by atoms with van der Waals surface area (Å²) in [6, 6.07) is 41.4. The Hall–Kier alpha value is -4.25. The second kappa shape index (κ2) is 8.13. The normalized spacial score (nSPS) is 11.8. The molecule has 4 heterocycles. The fraction of sp³-hybridized carbons (Fsp3) is 0. The SMILES string of the molecule is c1ccc(-c2c(-c3ccc4sc5ccccc5c4c3)nn3c(-c4cccs4)cc4ccccc4c23)cc1. The molecule has 4 aromatic carbocycles. The first-order chi connectivity index (χ1) is 18.3. The topological polar surface area (TPSA) is 17.3 Å². The number of aromatic nitrogens is 2. The molecule has 0 spiro atoms. The second-order valence-corrected chi connectivity index (χ2v) is 11.3. The number of hydrogen-bond acceptors (Lipinski definition) is 3. The van der Waals surface area contributed by atoms with E-state index < -0.39 is 0 Å². The first kappa shape index (κ1) is 20.9. The van der Waals surface area contributed by atoms with Gasteiger partial charge in [0.2, 0.25) is 0 Å². The number of thiophene rings is 2. The third kappa shape index (κ3) is 3.20. The second-order valence-electron chi connectivity index (χ2n) is 9.25. The van der Waals surface area contributed by atoms with Gasteiger partial charge in [-0.1, -0.05) is 84.9 Å². The molecule has 0 N–H and O–H groups in total. The van der Waals surface area contributed by atoms with Gasteiger partial charge in [0.05, 0.1) is 16.1 Å². The Bertz CT molecular complexity index is 2080. The molecule has 2 nitrogen and oxygen atoms in total. The predicted octanol–water partition coefficient (Wildman–Crippen LogP) is 9.92. The largest absolute Gasteiger partial charge is 0.230 e. The maximum Gasteiger partial charge on any atom is 0.101 e. The highest BCUT2D eigenvalue weighted by Gasteiger charge is 2.22. The van der Waals surface area contributed by atoms with Gasteiger partial charge in [0, 0.05) is 36.7 Å². The van der Waals surface area contributed by atoms with E-state index in [-0.39, 0.29) is 0 Å². The lowest BCUT2D eigenvalue weighted by Gasteiger charge is -2.09. The van der Waals surface area contributed by atoms with E-state index in [4.69, 9.17) is 5.10 Å². The maximum absolute atomic E-state index is 5.36. The summed E-state index contributed by atoms with van der Waals surface area (Å²) < 4.78 is 4.79. The van der Waals surface area contributed by atoms with E-state index in [0.29, 0.717) is 0 Å². The van der Waals surface area contributed by atoms with Crippen LogP contribution in [0.2, 0.25) is 0 Å². The number of benzene rings is 4. The van der Waals surface area contributed by atoms with Gasteiger partial charge in [-0.05, 0) is 46.7 Å². The first-order valence-electron chi connectivity index (χ1n) is 12.3. The maximum atomic E-state index is 5.36. The number of pyridine rings is 1. The molecule has 0 bridgehead atoms. The van der Waals surface area contributed by atoms with Crippen LogP contribution in [0.4, 0.5) is 0 Å². The van der Waals surface area contributed by atoms with Crippen molar-refractivity contribution in [2.24, 2.45) is 0 Å². The molecule has 0 aliphatic heterocycles. The highest BCUT2D eigenvalue weighted by atomic mass is 32.1. The molecule has 4 aromatic heterocycles. The fourth-order valence-electron chi connectivity index (χ4n) is 5.44. The van der Waals surface area contributed by atoms with E-state index in [1.165, 1.54) is 46.9 Å². The summed E-state index contributed by atoms with van der Waals surface area (Å²) in [4.78, 5) is 1.21. The van der Waals surface area contributed by atoms with Crippen molar-refractivity contribution < 1.29 is 0 Å². The van der Waals surface area contributed by atoms with Crippen molar-refractivity contribution in [2.45, 2.75) is 0 Å². The molecule has 0 radical (unpaired) electrons. The molecule has 0 unspecified atom stereocenters. The number of rotatable bonds is 3. The van der Waals surface area contributed by atoms with E-state index in [9.17, 15) is 0 Å². The lowest BCUT2D eigenvalue weighted by atomic mass is 9.96. The molecule has 0 atom stereocenters. The van der Waals surface area contributed by atoms with Crippen LogP contribution in [-0.4, -0.2) is 9.61 Å². The van der Waals surface area contributed by atoms with Gasteiger partial charge in [-0.2, -0.15) is 5.10 Å². The quantitative estimate of drug-likeness (QED) is 0.232. The van der Waals surface area contributed by atoms with E-state index in [1.807, 2.05) is 11.3 Å². The number of nitrogens with zero attached hydrogens (tertiary/aromatic N) is 2. The Balaban J connectivity index is 1.53. The smallest absolute Gasteiger partial charge is 0.101 e. The number of hydrogen-bond donors (Lipinski definition) is 0. The summed E-state index contributed by atoms with van der Waals surface area (Å²) in [7, 11) is 0. The van der Waals surface area contributed by atoms with Crippen molar-refractivity contribution in [3.8, 4) is 33.0 Å². The molecule has 8 aromatic rings. The highest BCUT2D eigenvalue weighted by molar-refractivity contribution is 7.25. The van der Waals surface area contributed by atoms with Gasteiger partial charge >= 0.3 is 0 Å². The van der Waals surface area contributed by atoms with Crippen LogP contribution in [0.25, 0.3) is 69.4 Å². The Labute approximate surface area is 221 Å². The minimum atomic E-state index is 1.01. The third-order valence-electron chi connectivity index (χ3n) is 7.11. The zero-order valence-electron chi connectivity index (χ0n) is 19.8. The molecular weight excluding hydrogens is 489 g/mol. The van der Waals surface area contributed by atoms with Crippen LogP contribution in [-0.2, 0) is 0 Å². The predicted molar refractivity (Wildman–Crippen MR) is 160 cm³/mol. The van der Waals surface area contributed by atoms with Gasteiger partial charge < -0.3 is 0 Å². The first-order valence-corrected chi connectivity index (χ1v) is 14.0. The van der Waals surface area contributed by atoms with Crippen LogP contribution in [0.3, 0.4) is 0 Å². The Kier molecular flexibility index (Phi) is 4.59. The summed E-state index contributed by atoms with van der Waals surface area (Å²) in [5.74, 6) is 0. The lowest BCUT2D eigenvalue weighted by Crippen LogP contribution is -1.94. The molecule has 0 aliphatic rings. The van der Waals surface area contributed by atoms with Gasteiger partial charge in [-0.25, -0.2) is 4.52 Å².